The van der Waals surface area contributed by atoms with Crippen molar-refractivity contribution in [2.24, 2.45) is 0 Å². The van der Waals surface area contributed by atoms with E-state index in [9.17, 15) is 4.79 Å². The maximum atomic E-state index is 10.4. The smallest absolute Gasteiger partial charge is 0.328 e. The van der Waals surface area contributed by atoms with E-state index >= 15 is 0 Å². The van der Waals surface area contributed by atoms with Crippen molar-refractivity contribution >= 4 is 12.0 Å². The number of carbonyl (C=O) groups is 1. The number of carboxylic acid groups (broad SMARTS) is 1. The van der Waals surface area contributed by atoms with Crippen molar-refractivity contribution in [3.63, 3.8) is 0 Å². The molecule has 1 N–H and O–H groups in total. The summed E-state index contributed by atoms with van der Waals surface area (Å²) in [5.41, 5.74) is 1.80. The van der Waals surface area contributed by atoms with Crippen LogP contribution in [0.2, 0.25) is 0 Å². The zero-order valence-corrected chi connectivity index (χ0v) is 9.34. The molecule has 0 saturated carbocycles. The SMILES string of the molecule is CC(/C=C/C(=O)O)=C\c1ccc2c(c1)OCO2. The standard InChI is InChI=1S/C13H12O4/c1-9(2-5-13(14)15)6-10-3-4-11-12(7-10)17-8-16-11/h2-7H,8H2,1H3,(H,14,15)/b5-2+,9-6+. The third-order valence-corrected chi connectivity index (χ3v) is 2.28. The van der Waals surface area contributed by atoms with Crippen LogP contribution in [0.15, 0.2) is 35.9 Å². The van der Waals surface area contributed by atoms with Crippen LogP contribution in [0.3, 0.4) is 0 Å². The van der Waals surface area contributed by atoms with E-state index in [1.54, 1.807) is 6.08 Å². The Bertz CT molecular complexity index is 500. The lowest BCUT2D eigenvalue weighted by Gasteiger charge is -1.98. The van der Waals surface area contributed by atoms with Crippen LogP contribution < -0.4 is 9.47 Å². The van der Waals surface area contributed by atoms with Crippen molar-refractivity contribution in [3.05, 3.63) is 41.5 Å². The topological polar surface area (TPSA) is 55.8 Å². The fraction of sp³-hybridized carbons (Fsp3) is 0.154. The molecule has 0 atom stereocenters. The molecule has 0 saturated heterocycles. The molecule has 0 fully saturated rings. The van der Waals surface area contributed by atoms with Gasteiger partial charge in [0, 0.05) is 6.08 Å². The summed E-state index contributed by atoms with van der Waals surface area (Å²) in [4.78, 5) is 10.4. The van der Waals surface area contributed by atoms with Crippen molar-refractivity contribution in [3.8, 4) is 11.5 Å². The monoisotopic (exact) mass is 232 g/mol. The van der Waals surface area contributed by atoms with E-state index in [-0.39, 0.29) is 6.79 Å². The molecule has 4 nitrogen and oxygen atoms in total. The Kier molecular flexibility index (Phi) is 3.14. The first kappa shape index (κ1) is 11.3. The molecule has 17 heavy (non-hydrogen) atoms. The molecule has 88 valence electrons. The number of ether oxygens (including phenoxy) is 2. The predicted octanol–water partition coefficient (Wildman–Crippen LogP) is 2.46. The number of carboxylic acids is 1. The van der Waals surface area contributed by atoms with Crippen LogP contribution >= 0.6 is 0 Å². The molecule has 2 rings (SSSR count). The van der Waals surface area contributed by atoms with Gasteiger partial charge < -0.3 is 14.6 Å². The molecule has 1 aliphatic rings. The van der Waals surface area contributed by atoms with Gasteiger partial charge in [0.2, 0.25) is 6.79 Å². The van der Waals surface area contributed by atoms with E-state index in [0.29, 0.717) is 5.75 Å². The van der Waals surface area contributed by atoms with Crippen molar-refractivity contribution < 1.29 is 19.4 Å². The van der Waals surface area contributed by atoms with Gasteiger partial charge >= 0.3 is 5.97 Å². The Balaban J connectivity index is 2.18. The summed E-state index contributed by atoms with van der Waals surface area (Å²) in [6, 6.07) is 5.59. The van der Waals surface area contributed by atoms with Crippen LogP contribution in [0, 0.1) is 0 Å². The number of hydrogen-bond acceptors (Lipinski definition) is 3. The fourth-order valence-electron chi connectivity index (χ4n) is 1.52. The summed E-state index contributed by atoms with van der Waals surface area (Å²) in [6.45, 7) is 2.09. The summed E-state index contributed by atoms with van der Waals surface area (Å²) in [6.07, 6.45) is 4.53. The molecule has 1 aliphatic heterocycles. The zero-order chi connectivity index (χ0) is 12.3. The minimum atomic E-state index is -0.955. The van der Waals surface area contributed by atoms with Crippen LogP contribution in [-0.2, 0) is 4.79 Å². The number of fused-ring (bicyclic) bond motifs is 1. The van der Waals surface area contributed by atoms with Crippen LogP contribution in [0.5, 0.6) is 11.5 Å². The number of hydrogen-bond donors (Lipinski definition) is 1. The molecule has 0 amide bonds. The molecule has 0 unspecified atom stereocenters. The van der Waals surface area contributed by atoms with Crippen LogP contribution in [0.25, 0.3) is 6.08 Å². The van der Waals surface area contributed by atoms with Gasteiger partial charge in [-0.15, -0.1) is 0 Å². The van der Waals surface area contributed by atoms with Gasteiger partial charge in [-0.3, -0.25) is 0 Å². The average Bonchev–Trinajstić information content (AvgIpc) is 2.73. The number of aliphatic carboxylic acids is 1. The lowest BCUT2D eigenvalue weighted by Crippen LogP contribution is -1.92. The van der Waals surface area contributed by atoms with Gasteiger partial charge in [-0.05, 0) is 24.6 Å². The second-order valence-corrected chi connectivity index (χ2v) is 3.67. The second kappa shape index (κ2) is 4.74. The highest BCUT2D eigenvalue weighted by atomic mass is 16.7. The molecule has 0 aliphatic carbocycles. The lowest BCUT2D eigenvalue weighted by atomic mass is 10.1. The van der Waals surface area contributed by atoms with Crippen molar-refractivity contribution in [1.82, 2.24) is 0 Å². The number of benzene rings is 1. The third-order valence-electron chi connectivity index (χ3n) is 2.28. The normalized spacial score (nSPS) is 14.3. The third kappa shape index (κ3) is 2.87. The van der Waals surface area contributed by atoms with Crippen molar-refractivity contribution in [2.75, 3.05) is 6.79 Å². The summed E-state index contributed by atoms with van der Waals surface area (Å²) < 4.78 is 10.5. The molecule has 0 spiro atoms. The van der Waals surface area contributed by atoms with Gasteiger partial charge in [-0.1, -0.05) is 23.8 Å². The first-order valence-electron chi connectivity index (χ1n) is 5.14. The zero-order valence-electron chi connectivity index (χ0n) is 9.34. The Hall–Kier alpha value is -2.23. The summed E-state index contributed by atoms with van der Waals surface area (Å²) >= 11 is 0. The fourth-order valence-corrected chi connectivity index (χ4v) is 1.52. The highest BCUT2D eigenvalue weighted by Gasteiger charge is 2.12. The molecule has 0 radical (unpaired) electrons. The Morgan fingerprint density at radius 1 is 1.29 bits per heavy atom. The molecule has 1 aromatic carbocycles. The molecule has 1 heterocycles. The molecule has 4 heteroatoms. The van der Waals surface area contributed by atoms with Gasteiger partial charge in [0.25, 0.3) is 0 Å². The van der Waals surface area contributed by atoms with Crippen LogP contribution in [0.1, 0.15) is 12.5 Å². The average molecular weight is 232 g/mol. The number of allylic oxidation sites excluding steroid dienone is 2. The van der Waals surface area contributed by atoms with E-state index in [2.05, 4.69) is 0 Å². The first-order valence-corrected chi connectivity index (χ1v) is 5.14. The maximum absolute atomic E-state index is 10.4. The van der Waals surface area contributed by atoms with E-state index in [4.69, 9.17) is 14.6 Å². The maximum Gasteiger partial charge on any atom is 0.328 e. The van der Waals surface area contributed by atoms with Gasteiger partial charge in [0.15, 0.2) is 11.5 Å². The highest BCUT2D eigenvalue weighted by Crippen LogP contribution is 2.33. The minimum absolute atomic E-state index is 0.250. The minimum Gasteiger partial charge on any atom is -0.478 e. The van der Waals surface area contributed by atoms with Gasteiger partial charge in [0.1, 0.15) is 0 Å². The van der Waals surface area contributed by atoms with Gasteiger partial charge in [-0.25, -0.2) is 4.79 Å². The summed E-state index contributed by atoms with van der Waals surface area (Å²) in [5.74, 6) is 0.498. The first-order chi connectivity index (χ1) is 8.15. The Morgan fingerprint density at radius 3 is 2.82 bits per heavy atom. The van der Waals surface area contributed by atoms with E-state index in [0.717, 1.165) is 23.0 Å². The van der Waals surface area contributed by atoms with E-state index in [1.807, 2.05) is 31.2 Å². The van der Waals surface area contributed by atoms with E-state index < -0.39 is 5.97 Å². The summed E-state index contributed by atoms with van der Waals surface area (Å²) in [5, 5.41) is 8.50. The molecular weight excluding hydrogens is 220 g/mol. The van der Waals surface area contributed by atoms with E-state index in [1.165, 1.54) is 0 Å². The quantitative estimate of drug-likeness (QED) is 0.642. The van der Waals surface area contributed by atoms with Crippen molar-refractivity contribution in [1.29, 1.82) is 0 Å². The second-order valence-electron chi connectivity index (χ2n) is 3.67. The van der Waals surface area contributed by atoms with Crippen LogP contribution in [0.4, 0.5) is 0 Å². The molecule has 1 aromatic rings. The molecular formula is C13H12O4. The summed E-state index contributed by atoms with van der Waals surface area (Å²) in [7, 11) is 0. The largest absolute Gasteiger partial charge is 0.478 e. The molecule has 0 aromatic heterocycles. The predicted molar refractivity (Wildman–Crippen MR) is 63.0 cm³/mol. The molecule has 0 bridgehead atoms. The Morgan fingerprint density at radius 2 is 2.06 bits per heavy atom. The number of rotatable bonds is 3. The van der Waals surface area contributed by atoms with Crippen molar-refractivity contribution in [2.45, 2.75) is 6.92 Å². The Labute approximate surface area is 98.8 Å². The van der Waals surface area contributed by atoms with Gasteiger partial charge in [-0.2, -0.15) is 0 Å². The highest BCUT2D eigenvalue weighted by molar-refractivity contribution is 5.80. The van der Waals surface area contributed by atoms with Gasteiger partial charge in [0.05, 0.1) is 0 Å². The van der Waals surface area contributed by atoms with Crippen LogP contribution in [-0.4, -0.2) is 17.9 Å². The lowest BCUT2D eigenvalue weighted by molar-refractivity contribution is -0.131.